The van der Waals surface area contributed by atoms with Crippen LogP contribution in [0, 0.1) is 5.82 Å². The van der Waals surface area contributed by atoms with Gasteiger partial charge in [0.1, 0.15) is 5.82 Å². The van der Waals surface area contributed by atoms with Crippen LogP contribution in [0.5, 0.6) is 0 Å². The van der Waals surface area contributed by atoms with Crippen LogP contribution in [0.4, 0.5) is 10.1 Å². The van der Waals surface area contributed by atoms with E-state index in [4.69, 9.17) is 11.6 Å². The Morgan fingerprint density at radius 1 is 0.970 bits per heavy atom. The maximum absolute atomic E-state index is 14.6. The van der Waals surface area contributed by atoms with Gasteiger partial charge in [0.05, 0.1) is 22.9 Å². The Kier molecular flexibility index (Phi) is 6.17. The number of rotatable bonds is 6. The summed E-state index contributed by atoms with van der Waals surface area (Å²) >= 11 is 5.89. The van der Waals surface area contributed by atoms with Crippen molar-refractivity contribution in [1.29, 1.82) is 0 Å². The highest BCUT2D eigenvalue weighted by atomic mass is 35.5. The molecule has 7 nitrogen and oxygen atoms in total. The predicted octanol–water partition coefficient (Wildman–Crippen LogP) is 4.39. The zero-order valence-electron chi connectivity index (χ0n) is 17.3. The number of hydrogen-bond acceptors (Lipinski definition) is 5. The van der Waals surface area contributed by atoms with Crippen molar-refractivity contribution in [3.05, 3.63) is 94.8 Å². The largest absolute Gasteiger partial charge is 0.284 e. The summed E-state index contributed by atoms with van der Waals surface area (Å²) < 4.78 is 67.6. The fraction of sp³-hybridized carbons (Fsp3) is 0.136. The number of nitrogens with zero attached hydrogens (tertiary/aromatic N) is 2. The van der Waals surface area contributed by atoms with Gasteiger partial charge in [-0.15, -0.1) is 0 Å². The molecule has 0 saturated heterocycles. The van der Waals surface area contributed by atoms with Gasteiger partial charge in [-0.25, -0.2) is 12.8 Å². The van der Waals surface area contributed by atoms with Crippen LogP contribution >= 0.6 is 11.6 Å². The molecule has 0 saturated carbocycles. The summed E-state index contributed by atoms with van der Waals surface area (Å²) in [7, 11) is -7.55. The van der Waals surface area contributed by atoms with Crippen molar-refractivity contribution in [3.63, 3.8) is 0 Å². The molecule has 1 atom stereocenters. The molecule has 0 radical (unpaired) electrons. The second kappa shape index (κ2) is 8.77. The normalized spacial score (nSPS) is 16.5. The molecule has 0 amide bonds. The van der Waals surface area contributed by atoms with E-state index in [9.17, 15) is 21.2 Å². The smallest absolute Gasteiger partial charge is 0.279 e. The fourth-order valence-corrected chi connectivity index (χ4v) is 5.64. The highest BCUT2D eigenvalue weighted by molar-refractivity contribution is 7.92. The average Bonchev–Trinajstić information content (AvgIpc) is 3.20. The summed E-state index contributed by atoms with van der Waals surface area (Å²) in [6, 6.07) is 17.1. The SMILES string of the molecule is CS(=O)(=O)Nc1ccc(C2=NN(S(=O)(=O)c3ccc(Cl)cc3)C(c3ccccc3F)C2)cc1. The molecule has 0 spiro atoms. The van der Waals surface area contributed by atoms with Crippen LogP contribution in [0.1, 0.15) is 23.6 Å². The molecular weight excluding hydrogens is 489 g/mol. The van der Waals surface area contributed by atoms with Crippen molar-refractivity contribution < 1.29 is 21.2 Å². The van der Waals surface area contributed by atoms with Crippen molar-refractivity contribution in [2.75, 3.05) is 11.0 Å². The zero-order valence-corrected chi connectivity index (χ0v) is 19.7. The molecule has 1 N–H and O–H groups in total. The third kappa shape index (κ3) is 5.02. The average molecular weight is 508 g/mol. The number of halogens is 2. The van der Waals surface area contributed by atoms with Crippen LogP contribution in [-0.4, -0.2) is 33.2 Å². The predicted molar refractivity (Wildman–Crippen MR) is 126 cm³/mol. The van der Waals surface area contributed by atoms with Crippen LogP contribution in [0.3, 0.4) is 0 Å². The van der Waals surface area contributed by atoms with Gasteiger partial charge < -0.3 is 0 Å². The van der Waals surface area contributed by atoms with Gasteiger partial charge in [-0.2, -0.15) is 17.9 Å². The summed E-state index contributed by atoms with van der Waals surface area (Å²) in [5.74, 6) is -0.539. The molecule has 3 aromatic carbocycles. The second-order valence-corrected chi connectivity index (χ2v) is 11.5. The molecule has 1 heterocycles. The first kappa shape index (κ1) is 23.2. The van der Waals surface area contributed by atoms with E-state index in [0.29, 0.717) is 22.0 Å². The highest BCUT2D eigenvalue weighted by Crippen LogP contribution is 2.38. The third-order valence-corrected chi connectivity index (χ3v) is 7.57. The number of hydrazone groups is 1. The maximum atomic E-state index is 14.6. The Bertz CT molecular complexity index is 1430. The van der Waals surface area contributed by atoms with Gasteiger partial charge in [-0.05, 0) is 48.0 Å². The van der Waals surface area contributed by atoms with E-state index in [1.807, 2.05) is 0 Å². The maximum Gasteiger partial charge on any atom is 0.279 e. The van der Waals surface area contributed by atoms with Crippen LogP contribution in [-0.2, 0) is 20.0 Å². The first-order chi connectivity index (χ1) is 15.5. The van der Waals surface area contributed by atoms with Crippen molar-refractivity contribution in [3.8, 4) is 0 Å². The van der Waals surface area contributed by atoms with E-state index >= 15 is 0 Å². The van der Waals surface area contributed by atoms with E-state index < -0.39 is 31.9 Å². The lowest BCUT2D eigenvalue weighted by atomic mass is 9.99. The summed E-state index contributed by atoms with van der Waals surface area (Å²) in [6.07, 6.45) is 1.17. The second-order valence-electron chi connectivity index (χ2n) is 7.47. The Balaban J connectivity index is 1.75. The molecule has 172 valence electrons. The molecule has 1 aliphatic rings. The Morgan fingerprint density at radius 2 is 1.61 bits per heavy atom. The summed E-state index contributed by atoms with van der Waals surface area (Å²) in [6.45, 7) is 0. The standard InChI is InChI=1S/C22H19ClFN3O4S2/c1-32(28,29)26-17-10-6-15(7-11-17)21-14-22(19-4-2-3-5-20(19)24)27(25-21)33(30,31)18-12-8-16(23)9-13-18/h2-13,22,26H,14H2,1H3. The molecule has 0 aromatic heterocycles. The Hall–Kier alpha value is -2.95. The third-order valence-electron chi connectivity index (χ3n) is 5.02. The van der Waals surface area contributed by atoms with Gasteiger partial charge in [-0.1, -0.05) is 41.9 Å². The minimum Gasteiger partial charge on any atom is -0.284 e. The van der Waals surface area contributed by atoms with Crippen LogP contribution in [0.2, 0.25) is 5.02 Å². The number of nitrogens with one attached hydrogen (secondary N) is 1. The number of hydrogen-bond donors (Lipinski definition) is 1. The van der Waals surface area contributed by atoms with Gasteiger partial charge in [0.15, 0.2) is 0 Å². The van der Waals surface area contributed by atoms with E-state index in [1.54, 1.807) is 30.3 Å². The Labute approximate surface area is 196 Å². The summed E-state index contributed by atoms with van der Waals surface area (Å²) in [4.78, 5) is -0.0223. The van der Waals surface area contributed by atoms with Crippen LogP contribution < -0.4 is 4.72 Å². The van der Waals surface area contributed by atoms with Gasteiger partial charge in [-0.3, -0.25) is 4.72 Å². The highest BCUT2D eigenvalue weighted by Gasteiger charge is 2.38. The molecule has 3 aromatic rings. The number of sulfonamides is 2. The van der Waals surface area contributed by atoms with E-state index in [0.717, 1.165) is 10.7 Å². The minimum atomic E-state index is -4.11. The molecule has 0 aliphatic carbocycles. The molecule has 33 heavy (non-hydrogen) atoms. The lowest BCUT2D eigenvalue weighted by Gasteiger charge is -2.23. The zero-order chi connectivity index (χ0) is 23.8. The Morgan fingerprint density at radius 3 is 2.21 bits per heavy atom. The molecular formula is C22H19ClFN3O4S2. The lowest BCUT2D eigenvalue weighted by molar-refractivity contribution is 0.362. The quantitative estimate of drug-likeness (QED) is 0.535. The van der Waals surface area contributed by atoms with Crippen molar-refractivity contribution in [2.45, 2.75) is 17.4 Å². The van der Waals surface area contributed by atoms with Gasteiger partial charge >= 0.3 is 0 Å². The van der Waals surface area contributed by atoms with Gasteiger partial charge in [0, 0.05) is 22.7 Å². The topological polar surface area (TPSA) is 95.9 Å². The van der Waals surface area contributed by atoms with Crippen LogP contribution in [0.15, 0.2) is 82.8 Å². The molecule has 1 unspecified atom stereocenters. The molecule has 11 heteroatoms. The first-order valence-corrected chi connectivity index (χ1v) is 13.5. The first-order valence-electron chi connectivity index (χ1n) is 9.75. The van der Waals surface area contributed by atoms with Crippen molar-refractivity contribution in [1.82, 2.24) is 4.41 Å². The molecule has 0 fully saturated rings. The van der Waals surface area contributed by atoms with Crippen molar-refractivity contribution >= 4 is 43.0 Å². The van der Waals surface area contributed by atoms with E-state index in [1.165, 1.54) is 42.5 Å². The van der Waals surface area contributed by atoms with E-state index in [2.05, 4.69) is 9.82 Å². The van der Waals surface area contributed by atoms with Crippen molar-refractivity contribution in [2.24, 2.45) is 5.10 Å². The lowest BCUT2D eigenvalue weighted by Crippen LogP contribution is -2.27. The fourth-order valence-electron chi connectivity index (χ4n) is 3.52. The van der Waals surface area contributed by atoms with Gasteiger partial charge in [0.2, 0.25) is 10.0 Å². The van der Waals surface area contributed by atoms with Gasteiger partial charge in [0.25, 0.3) is 10.0 Å². The minimum absolute atomic E-state index is 0.0223. The summed E-state index contributed by atoms with van der Waals surface area (Å²) in [5, 5.41) is 4.74. The van der Waals surface area contributed by atoms with Crippen LogP contribution in [0.25, 0.3) is 0 Å². The molecule has 4 rings (SSSR count). The summed E-state index contributed by atoms with van der Waals surface area (Å²) in [5.41, 5.74) is 1.57. The number of anilines is 1. The monoisotopic (exact) mass is 507 g/mol. The molecule has 0 bridgehead atoms. The van der Waals surface area contributed by atoms with E-state index in [-0.39, 0.29) is 16.9 Å². The molecule has 1 aliphatic heterocycles. The number of benzene rings is 3.